The molecular weight excluding hydrogens is 435 g/mol. The van der Waals surface area contributed by atoms with E-state index in [1.165, 1.54) is 4.90 Å². The van der Waals surface area contributed by atoms with Crippen molar-refractivity contribution in [3.05, 3.63) is 105 Å². The Bertz CT molecular complexity index is 1140. The molecule has 1 aliphatic rings. The predicted octanol–water partition coefficient (Wildman–Crippen LogP) is 4.49. The van der Waals surface area contributed by atoms with Crippen LogP contribution in [0.3, 0.4) is 0 Å². The molecule has 3 aromatic carbocycles. The molecule has 5 nitrogen and oxygen atoms in total. The first-order chi connectivity index (χ1) is 14.9. The fourth-order valence-corrected chi connectivity index (χ4v) is 4.68. The van der Waals surface area contributed by atoms with Gasteiger partial charge >= 0.3 is 0 Å². The highest BCUT2D eigenvalue weighted by atomic mass is 35.5. The van der Waals surface area contributed by atoms with Crippen LogP contribution in [0, 0.1) is 0 Å². The molecular formula is C24H20Cl2N2O3. The van der Waals surface area contributed by atoms with Gasteiger partial charge in [-0.2, -0.15) is 0 Å². The SMILES string of the molecule is NC(=O)[C@@H]1c2ccccc2C(=O)N(CC(O)c2ccccc2)[C@H]1c1ccc(Cl)cc1Cl. The van der Waals surface area contributed by atoms with E-state index in [-0.39, 0.29) is 12.5 Å². The molecule has 0 aliphatic carbocycles. The molecule has 3 N–H and O–H groups in total. The summed E-state index contributed by atoms with van der Waals surface area (Å²) in [5, 5.41) is 11.6. The first-order valence-electron chi connectivity index (χ1n) is 9.75. The number of carbonyl (C=O) groups excluding carboxylic acids is 2. The number of hydrogen-bond acceptors (Lipinski definition) is 3. The van der Waals surface area contributed by atoms with Crippen LogP contribution in [0.2, 0.25) is 10.0 Å². The molecule has 7 heteroatoms. The average molecular weight is 455 g/mol. The van der Waals surface area contributed by atoms with Crippen molar-refractivity contribution >= 4 is 35.0 Å². The molecule has 4 rings (SSSR count). The zero-order valence-electron chi connectivity index (χ0n) is 16.4. The summed E-state index contributed by atoms with van der Waals surface area (Å²) in [5.41, 5.74) is 7.95. The number of nitrogens with zero attached hydrogens (tertiary/aromatic N) is 1. The van der Waals surface area contributed by atoms with Gasteiger partial charge in [-0.1, -0.05) is 77.8 Å². The molecule has 1 heterocycles. The van der Waals surface area contributed by atoms with Gasteiger partial charge in [0.25, 0.3) is 5.91 Å². The zero-order chi connectivity index (χ0) is 22.1. The van der Waals surface area contributed by atoms with Crippen molar-refractivity contribution in [2.24, 2.45) is 5.73 Å². The third-order valence-corrected chi connectivity index (χ3v) is 6.14. The third kappa shape index (κ3) is 4.04. The van der Waals surface area contributed by atoms with Gasteiger partial charge in [-0.3, -0.25) is 9.59 Å². The van der Waals surface area contributed by atoms with Crippen LogP contribution in [0.15, 0.2) is 72.8 Å². The Balaban J connectivity index is 1.86. The number of benzene rings is 3. The monoisotopic (exact) mass is 454 g/mol. The Hall–Kier alpha value is -2.86. The van der Waals surface area contributed by atoms with Crippen LogP contribution in [-0.2, 0) is 4.79 Å². The number of nitrogens with two attached hydrogens (primary N) is 1. The van der Waals surface area contributed by atoms with Gasteiger partial charge in [-0.15, -0.1) is 0 Å². The zero-order valence-corrected chi connectivity index (χ0v) is 17.9. The van der Waals surface area contributed by atoms with Crippen molar-refractivity contribution in [2.75, 3.05) is 6.54 Å². The molecule has 0 fully saturated rings. The van der Waals surface area contributed by atoms with E-state index in [1.54, 1.807) is 54.6 Å². The summed E-state index contributed by atoms with van der Waals surface area (Å²) in [6, 6.07) is 20.0. The number of rotatable bonds is 5. The lowest BCUT2D eigenvalue weighted by Crippen LogP contribution is -2.47. The minimum atomic E-state index is -0.961. The molecule has 0 aromatic heterocycles. The number of halogens is 2. The van der Waals surface area contributed by atoms with E-state index in [4.69, 9.17) is 28.9 Å². The van der Waals surface area contributed by atoms with Crippen LogP contribution in [0.25, 0.3) is 0 Å². The Morgan fingerprint density at radius 3 is 2.35 bits per heavy atom. The highest BCUT2D eigenvalue weighted by molar-refractivity contribution is 6.35. The van der Waals surface area contributed by atoms with Crippen LogP contribution < -0.4 is 5.73 Å². The molecule has 2 amide bonds. The number of aliphatic hydroxyl groups is 1. The number of hydrogen-bond donors (Lipinski definition) is 2. The van der Waals surface area contributed by atoms with Crippen molar-refractivity contribution in [1.29, 1.82) is 0 Å². The standard InChI is InChI=1S/C24H20Cl2N2O3/c25-15-10-11-18(19(26)12-15)22-21(23(27)30)16-8-4-5-9-17(16)24(31)28(22)13-20(29)14-6-2-1-3-7-14/h1-12,20-22,29H,13H2,(H2,27,30)/t20?,21-,22+/m1/s1. The Kier molecular flexibility index (Phi) is 6.01. The van der Waals surface area contributed by atoms with Crippen LogP contribution in [-0.4, -0.2) is 28.4 Å². The lowest BCUT2D eigenvalue weighted by Gasteiger charge is -2.42. The smallest absolute Gasteiger partial charge is 0.254 e. The summed E-state index contributed by atoms with van der Waals surface area (Å²) in [5.74, 6) is -1.73. The summed E-state index contributed by atoms with van der Waals surface area (Å²) < 4.78 is 0. The second-order valence-corrected chi connectivity index (χ2v) is 8.31. The molecule has 158 valence electrons. The second kappa shape index (κ2) is 8.71. The fourth-order valence-electron chi connectivity index (χ4n) is 4.16. The second-order valence-electron chi connectivity index (χ2n) is 7.46. The summed E-state index contributed by atoms with van der Waals surface area (Å²) in [7, 11) is 0. The molecule has 0 bridgehead atoms. The topological polar surface area (TPSA) is 83.6 Å². The molecule has 0 radical (unpaired) electrons. The molecule has 3 atom stereocenters. The fraction of sp³-hybridized carbons (Fsp3) is 0.167. The summed E-state index contributed by atoms with van der Waals surface area (Å²) >= 11 is 12.6. The van der Waals surface area contributed by atoms with Crippen molar-refractivity contribution in [3.63, 3.8) is 0 Å². The molecule has 0 saturated carbocycles. The van der Waals surface area contributed by atoms with Gasteiger partial charge in [0.05, 0.1) is 24.6 Å². The van der Waals surface area contributed by atoms with Crippen LogP contribution in [0.5, 0.6) is 0 Å². The van der Waals surface area contributed by atoms with Gasteiger partial charge in [-0.05, 0) is 34.9 Å². The van der Waals surface area contributed by atoms with Gasteiger partial charge in [0.15, 0.2) is 0 Å². The van der Waals surface area contributed by atoms with E-state index in [9.17, 15) is 14.7 Å². The summed E-state index contributed by atoms with van der Waals surface area (Å²) in [6.07, 6.45) is -0.961. The largest absolute Gasteiger partial charge is 0.387 e. The molecule has 3 aromatic rings. The lowest BCUT2D eigenvalue weighted by atomic mass is 9.79. The normalized spacial score (nSPS) is 19.1. The maximum Gasteiger partial charge on any atom is 0.254 e. The maximum atomic E-state index is 13.5. The average Bonchev–Trinajstić information content (AvgIpc) is 2.76. The third-order valence-electron chi connectivity index (χ3n) is 5.58. The van der Waals surface area contributed by atoms with Crippen LogP contribution in [0.4, 0.5) is 0 Å². The van der Waals surface area contributed by atoms with E-state index >= 15 is 0 Å². The molecule has 0 spiro atoms. The number of primary amides is 1. The highest BCUT2D eigenvalue weighted by Crippen LogP contribution is 2.45. The lowest BCUT2D eigenvalue weighted by molar-refractivity contribution is -0.121. The molecule has 1 unspecified atom stereocenters. The Morgan fingerprint density at radius 2 is 1.68 bits per heavy atom. The number of amides is 2. The maximum absolute atomic E-state index is 13.5. The minimum absolute atomic E-state index is 0.0371. The van der Waals surface area contributed by atoms with Gasteiger partial charge in [0.1, 0.15) is 0 Å². The first kappa shape index (κ1) is 21.4. The number of carbonyl (C=O) groups is 2. The summed E-state index contributed by atoms with van der Waals surface area (Å²) in [6.45, 7) is -0.0371. The number of fused-ring (bicyclic) bond motifs is 1. The Labute approximate surface area is 190 Å². The van der Waals surface area contributed by atoms with E-state index < -0.39 is 24.0 Å². The number of β-amino-alcohol motifs (C(OH)–C–C–N with tert-alkyl or cyclic N) is 1. The first-order valence-corrected chi connectivity index (χ1v) is 10.5. The predicted molar refractivity (Wildman–Crippen MR) is 120 cm³/mol. The van der Waals surface area contributed by atoms with Crippen molar-refractivity contribution in [3.8, 4) is 0 Å². The molecule has 31 heavy (non-hydrogen) atoms. The Morgan fingerprint density at radius 1 is 1.00 bits per heavy atom. The van der Waals surface area contributed by atoms with E-state index in [2.05, 4.69) is 0 Å². The van der Waals surface area contributed by atoms with E-state index in [1.807, 2.05) is 18.2 Å². The van der Waals surface area contributed by atoms with E-state index in [0.29, 0.717) is 32.3 Å². The summed E-state index contributed by atoms with van der Waals surface area (Å²) in [4.78, 5) is 27.6. The van der Waals surface area contributed by atoms with Crippen LogP contribution in [0.1, 0.15) is 45.1 Å². The van der Waals surface area contributed by atoms with Crippen molar-refractivity contribution < 1.29 is 14.7 Å². The molecule has 0 saturated heterocycles. The van der Waals surface area contributed by atoms with Crippen molar-refractivity contribution in [1.82, 2.24) is 4.90 Å². The van der Waals surface area contributed by atoms with Gasteiger partial charge in [0, 0.05) is 15.6 Å². The van der Waals surface area contributed by atoms with E-state index in [0.717, 1.165) is 0 Å². The van der Waals surface area contributed by atoms with Gasteiger partial charge in [0.2, 0.25) is 5.91 Å². The minimum Gasteiger partial charge on any atom is -0.387 e. The molecule has 1 aliphatic heterocycles. The van der Waals surface area contributed by atoms with Gasteiger partial charge < -0.3 is 15.7 Å². The van der Waals surface area contributed by atoms with Crippen LogP contribution >= 0.6 is 23.2 Å². The number of aliphatic hydroxyl groups excluding tert-OH is 1. The highest BCUT2D eigenvalue weighted by Gasteiger charge is 2.44. The quantitative estimate of drug-likeness (QED) is 0.595. The van der Waals surface area contributed by atoms with Gasteiger partial charge in [-0.25, -0.2) is 0 Å². The van der Waals surface area contributed by atoms with Crippen molar-refractivity contribution in [2.45, 2.75) is 18.1 Å².